The first-order chi connectivity index (χ1) is 6.40. The molecule has 1 atom stereocenters. The van der Waals surface area contributed by atoms with Gasteiger partial charge < -0.3 is 10.0 Å². The molecule has 1 unspecified atom stereocenters. The van der Waals surface area contributed by atoms with E-state index in [1.165, 1.54) is 0 Å². The van der Waals surface area contributed by atoms with Crippen LogP contribution in [-0.2, 0) is 4.79 Å². The SMILES string of the molecule is CN1CC(C)(C)N(C)C(=O)C1CCO. The molecule has 4 heteroatoms. The fourth-order valence-corrected chi connectivity index (χ4v) is 2.00. The lowest BCUT2D eigenvalue weighted by Crippen LogP contribution is -2.64. The van der Waals surface area contributed by atoms with Crippen LogP contribution in [0.5, 0.6) is 0 Å². The van der Waals surface area contributed by atoms with Gasteiger partial charge in [0.25, 0.3) is 0 Å². The Balaban J connectivity index is 2.80. The standard InChI is InChI=1S/C10H20N2O2/c1-10(2)7-11(3)8(5-6-13)9(14)12(10)4/h8,13H,5-7H2,1-4H3. The van der Waals surface area contributed by atoms with E-state index in [0.29, 0.717) is 6.42 Å². The van der Waals surface area contributed by atoms with Crippen LogP contribution in [0.25, 0.3) is 0 Å². The van der Waals surface area contributed by atoms with Crippen molar-refractivity contribution in [2.75, 3.05) is 27.2 Å². The van der Waals surface area contributed by atoms with Crippen molar-refractivity contribution in [1.29, 1.82) is 0 Å². The molecule has 0 aromatic rings. The van der Waals surface area contributed by atoms with Crippen LogP contribution in [0.2, 0.25) is 0 Å². The smallest absolute Gasteiger partial charge is 0.240 e. The van der Waals surface area contributed by atoms with E-state index in [1.807, 2.05) is 19.0 Å². The summed E-state index contributed by atoms with van der Waals surface area (Å²) in [5.74, 6) is 0.109. The zero-order valence-corrected chi connectivity index (χ0v) is 9.45. The summed E-state index contributed by atoms with van der Waals surface area (Å²) in [6, 6.07) is -0.155. The highest BCUT2D eigenvalue weighted by Crippen LogP contribution is 2.23. The average Bonchev–Trinajstić information content (AvgIpc) is 2.08. The molecule has 0 aliphatic carbocycles. The Morgan fingerprint density at radius 2 is 2.07 bits per heavy atom. The molecule has 4 nitrogen and oxygen atoms in total. The van der Waals surface area contributed by atoms with Crippen LogP contribution in [0, 0.1) is 0 Å². The van der Waals surface area contributed by atoms with Gasteiger partial charge in [-0.1, -0.05) is 0 Å². The average molecular weight is 200 g/mol. The zero-order chi connectivity index (χ0) is 10.9. The largest absolute Gasteiger partial charge is 0.396 e. The molecular weight excluding hydrogens is 180 g/mol. The molecule has 1 heterocycles. The second-order valence-electron chi connectivity index (χ2n) is 4.65. The molecule has 1 aliphatic rings. The molecule has 1 fully saturated rings. The van der Waals surface area contributed by atoms with Gasteiger partial charge in [0, 0.05) is 25.7 Å². The molecule has 0 aromatic heterocycles. The molecule has 0 radical (unpaired) electrons. The van der Waals surface area contributed by atoms with Crippen molar-refractivity contribution in [1.82, 2.24) is 9.80 Å². The highest BCUT2D eigenvalue weighted by Gasteiger charge is 2.40. The summed E-state index contributed by atoms with van der Waals surface area (Å²) < 4.78 is 0. The molecule has 1 amide bonds. The monoisotopic (exact) mass is 200 g/mol. The van der Waals surface area contributed by atoms with Crippen molar-refractivity contribution in [3.05, 3.63) is 0 Å². The van der Waals surface area contributed by atoms with Gasteiger partial charge in [-0.3, -0.25) is 9.69 Å². The Hall–Kier alpha value is -0.610. The van der Waals surface area contributed by atoms with Crippen LogP contribution in [0.1, 0.15) is 20.3 Å². The Kier molecular flexibility index (Phi) is 3.17. The van der Waals surface area contributed by atoms with Crippen molar-refractivity contribution in [3.63, 3.8) is 0 Å². The molecule has 0 aromatic carbocycles. The highest BCUT2D eigenvalue weighted by molar-refractivity contribution is 5.83. The molecule has 1 aliphatic heterocycles. The second-order valence-corrected chi connectivity index (χ2v) is 4.65. The number of aliphatic hydroxyl groups excluding tert-OH is 1. The summed E-state index contributed by atoms with van der Waals surface area (Å²) in [5.41, 5.74) is -0.113. The minimum atomic E-state index is -0.155. The van der Waals surface area contributed by atoms with Crippen LogP contribution < -0.4 is 0 Å². The topological polar surface area (TPSA) is 43.8 Å². The van der Waals surface area contributed by atoms with E-state index < -0.39 is 0 Å². The quantitative estimate of drug-likeness (QED) is 0.678. The van der Waals surface area contributed by atoms with E-state index in [-0.39, 0.29) is 24.1 Å². The molecule has 14 heavy (non-hydrogen) atoms. The van der Waals surface area contributed by atoms with E-state index in [1.54, 1.807) is 4.90 Å². The molecule has 1 saturated heterocycles. The Morgan fingerprint density at radius 3 is 2.57 bits per heavy atom. The number of carbonyl (C=O) groups excluding carboxylic acids is 1. The van der Waals surface area contributed by atoms with Crippen molar-refractivity contribution < 1.29 is 9.90 Å². The molecule has 1 rings (SSSR count). The fourth-order valence-electron chi connectivity index (χ4n) is 2.00. The number of hydrogen-bond acceptors (Lipinski definition) is 3. The molecule has 0 spiro atoms. The first kappa shape index (κ1) is 11.5. The Morgan fingerprint density at radius 1 is 1.50 bits per heavy atom. The molecular formula is C10H20N2O2. The third-order valence-electron chi connectivity index (χ3n) is 3.09. The van der Waals surface area contributed by atoms with E-state index in [9.17, 15) is 4.79 Å². The lowest BCUT2D eigenvalue weighted by molar-refractivity contribution is -0.148. The van der Waals surface area contributed by atoms with E-state index in [0.717, 1.165) is 6.54 Å². The minimum Gasteiger partial charge on any atom is -0.396 e. The first-order valence-corrected chi connectivity index (χ1v) is 4.99. The minimum absolute atomic E-state index is 0.0645. The first-order valence-electron chi connectivity index (χ1n) is 4.99. The number of likely N-dealkylation sites (N-methyl/N-ethyl adjacent to an activating group) is 2. The van der Waals surface area contributed by atoms with Gasteiger partial charge in [0.2, 0.25) is 5.91 Å². The van der Waals surface area contributed by atoms with Crippen molar-refractivity contribution >= 4 is 5.91 Å². The van der Waals surface area contributed by atoms with E-state index >= 15 is 0 Å². The van der Waals surface area contributed by atoms with Crippen LogP contribution in [0.15, 0.2) is 0 Å². The summed E-state index contributed by atoms with van der Waals surface area (Å²) in [6.07, 6.45) is 0.524. The maximum atomic E-state index is 11.9. The molecule has 0 saturated carbocycles. The van der Waals surface area contributed by atoms with Gasteiger partial charge in [0.05, 0.1) is 6.04 Å². The zero-order valence-electron chi connectivity index (χ0n) is 9.45. The summed E-state index contributed by atoms with van der Waals surface area (Å²) in [5, 5.41) is 8.87. The second kappa shape index (κ2) is 3.87. The van der Waals surface area contributed by atoms with E-state index in [2.05, 4.69) is 13.8 Å². The predicted molar refractivity (Wildman–Crippen MR) is 55.0 cm³/mol. The number of nitrogens with zero attached hydrogens (tertiary/aromatic N) is 2. The Labute approximate surface area is 85.5 Å². The van der Waals surface area contributed by atoms with Gasteiger partial charge in [0.15, 0.2) is 0 Å². The fraction of sp³-hybridized carbons (Fsp3) is 0.900. The van der Waals surface area contributed by atoms with Gasteiger partial charge in [-0.15, -0.1) is 0 Å². The van der Waals surface area contributed by atoms with Crippen molar-refractivity contribution in [2.24, 2.45) is 0 Å². The van der Waals surface area contributed by atoms with Crippen molar-refractivity contribution in [2.45, 2.75) is 31.8 Å². The lowest BCUT2D eigenvalue weighted by Gasteiger charge is -2.47. The third kappa shape index (κ3) is 1.91. The highest BCUT2D eigenvalue weighted by atomic mass is 16.3. The number of rotatable bonds is 2. The number of aliphatic hydroxyl groups is 1. The number of hydrogen-bond donors (Lipinski definition) is 1. The summed E-state index contributed by atoms with van der Waals surface area (Å²) in [4.78, 5) is 15.7. The van der Waals surface area contributed by atoms with Crippen LogP contribution in [0.3, 0.4) is 0 Å². The van der Waals surface area contributed by atoms with Gasteiger partial charge in [0.1, 0.15) is 0 Å². The van der Waals surface area contributed by atoms with Gasteiger partial charge >= 0.3 is 0 Å². The van der Waals surface area contributed by atoms with Gasteiger partial charge in [-0.2, -0.15) is 0 Å². The summed E-state index contributed by atoms with van der Waals surface area (Å²) >= 11 is 0. The Bertz CT molecular complexity index is 228. The normalized spacial score (nSPS) is 28.2. The maximum absolute atomic E-state index is 11.9. The predicted octanol–water partition coefficient (Wildman–Crippen LogP) is -0.0802. The van der Waals surface area contributed by atoms with Crippen LogP contribution >= 0.6 is 0 Å². The number of piperazine rings is 1. The number of amides is 1. The summed E-state index contributed by atoms with van der Waals surface area (Å²) in [7, 11) is 3.77. The lowest BCUT2D eigenvalue weighted by atomic mass is 9.95. The molecule has 82 valence electrons. The molecule has 1 N–H and O–H groups in total. The van der Waals surface area contributed by atoms with Crippen molar-refractivity contribution in [3.8, 4) is 0 Å². The van der Waals surface area contributed by atoms with E-state index in [4.69, 9.17) is 5.11 Å². The maximum Gasteiger partial charge on any atom is 0.240 e. The van der Waals surface area contributed by atoms with Gasteiger partial charge in [-0.25, -0.2) is 0 Å². The third-order valence-corrected chi connectivity index (χ3v) is 3.09. The molecule has 0 bridgehead atoms. The van der Waals surface area contributed by atoms with Crippen LogP contribution in [-0.4, -0.2) is 59.6 Å². The summed E-state index contributed by atoms with van der Waals surface area (Å²) in [6.45, 7) is 5.02. The van der Waals surface area contributed by atoms with Gasteiger partial charge in [-0.05, 0) is 27.3 Å². The number of carbonyl (C=O) groups is 1. The van der Waals surface area contributed by atoms with Crippen LogP contribution in [0.4, 0.5) is 0 Å².